The third kappa shape index (κ3) is 3.75. The lowest BCUT2D eigenvalue weighted by Crippen LogP contribution is -2.31. The van der Waals surface area contributed by atoms with Gasteiger partial charge in [0, 0.05) is 25.8 Å². The highest BCUT2D eigenvalue weighted by Crippen LogP contribution is 2.39. The van der Waals surface area contributed by atoms with Crippen LogP contribution in [0.1, 0.15) is 23.6 Å². The molecule has 1 heterocycles. The Labute approximate surface area is 161 Å². The molecule has 0 radical (unpaired) electrons. The second-order valence-corrected chi connectivity index (χ2v) is 6.44. The van der Waals surface area contributed by atoms with E-state index >= 15 is 0 Å². The number of aromatic hydroxyl groups is 1. The maximum Gasteiger partial charge on any atom is 0.295 e. The van der Waals surface area contributed by atoms with Crippen molar-refractivity contribution in [3.8, 4) is 5.75 Å². The number of carbonyl (C=O) groups is 2. The number of ketones is 1. The molecule has 0 aliphatic carbocycles. The molecule has 1 amide bonds. The Morgan fingerprint density at radius 3 is 2.36 bits per heavy atom. The van der Waals surface area contributed by atoms with E-state index in [9.17, 15) is 24.2 Å². The highest BCUT2D eigenvalue weighted by molar-refractivity contribution is 6.46. The molecule has 146 valence electrons. The number of ether oxygens (including phenoxy) is 1. The first-order chi connectivity index (χ1) is 13.4. The summed E-state index contributed by atoms with van der Waals surface area (Å²) < 4.78 is 18.2. The number of phenolic OH excluding ortho intramolecular Hbond substituents is 1. The van der Waals surface area contributed by atoms with E-state index in [2.05, 4.69) is 0 Å². The van der Waals surface area contributed by atoms with Gasteiger partial charge in [-0.25, -0.2) is 4.39 Å². The predicted molar refractivity (Wildman–Crippen MR) is 100 cm³/mol. The second kappa shape index (κ2) is 8.22. The van der Waals surface area contributed by atoms with E-state index in [0.29, 0.717) is 18.6 Å². The van der Waals surface area contributed by atoms with Crippen molar-refractivity contribution in [2.75, 3.05) is 20.3 Å². The lowest BCUT2D eigenvalue weighted by Gasteiger charge is -2.25. The Balaban J connectivity index is 2.10. The zero-order chi connectivity index (χ0) is 20.3. The van der Waals surface area contributed by atoms with E-state index in [1.54, 1.807) is 19.2 Å². The first-order valence-corrected chi connectivity index (χ1v) is 8.76. The minimum Gasteiger partial charge on any atom is -0.508 e. The van der Waals surface area contributed by atoms with E-state index in [1.165, 1.54) is 41.3 Å². The summed E-state index contributed by atoms with van der Waals surface area (Å²) >= 11 is 0. The average molecular weight is 385 g/mol. The number of methoxy groups -OCH3 is 1. The highest BCUT2D eigenvalue weighted by atomic mass is 19.1. The van der Waals surface area contributed by atoms with Gasteiger partial charge in [0.05, 0.1) is 11.6 Å². The summed E-state index contributed by atoms with van der Waals surface area (Å²) in [7, 11) is 1.54. The number of nitrogens with zero attached hydrogens (tertiary/aromatic N) is 1. The summed E-state index contributed by atoms with van der Waals surface area (Å²) in [6, 6.07) is 10.3. The van der Waals surface area contributed by atoms with Gasteiger partial charge in [-0.2, -0.15) is 0 Å². The van der Waals surface area contributed by atoms with Crippen LogP contribution in [0, 0.1) is 5.82 Å². The molecule has 1 unspecified atom stereocenters. The third-order valence-corrected chi connectivity index (χ3v) is 4.61. The first-order valence-electron chi connectivity index (χ1n) is 8.76. The number of hydrogen-bond donors (Lipinski definition) is 2. The molecular formula is C21H20FNO5. The molecule has 1 saturated heterocycles. The SMILES string of the molecule is COCCCN1C(=O)C(=O)/C(=C(\O)c2ccc(F)cc2)C1c1ccc(O)cc1. The van der Waals surface area contributed by atoms with Gasteiger partial charge >= 0.3 is 0 Å². The number of phenols is 1. The number of carbonyl (C=O) groups excluding carboxylic acids is 2. The zero-order valence-corrected chi connectivity index (χ0v) is 15.3. The van der Waals surface area contributed by atoms with Crippen LogP contribution < -0.4 is 0 Å². The Morgan fingerprint density at radius 2 is 1.75 bits per heavy atom. The summed E-state index contributed by atoms with van der Waals surface area (Å²) in [5, 5.41) is 20.3. The van der Waals surface area contributed by atoms with Crippen molar-refractivity contribution in [2.45, 2.75) is 12.5 Å². The van der Waals surface area contributed by atoms with E-state index in [-0.39, 0.29) is 29.2 Å². The molecule has 1 aliphatic rings. The maximum atomic E-state index is 13.2. The van der Waals surface area contributed by atoms with Crippen LogP contribution in [0.25, 0.3) is 5.76 Å². The second-order valence-electron chi connectivity index (χ2n) is 6.44. The lowest BCUT2D eigenvalue weighted by molar-refractivity contribution is -0.140. The molecule has 0 saturated carbocycles. The largest absolute Gasteiger partial charge is 0.508 e. The number of aliphatic hydroxyl groups excluding tert-OH is 1. The fourth-order valence-electron chi connectivity index (χ4n) is 3.26. The first kappa shape index (κ1) is 19.6. The fourth-order valence-corrected chi connectivity index (χ4v) is 3.26. The van der Waals surface area contributed by atoms with Crippen molar-refractivity contribution in [1.29, 1.82) is 0 Å². The molecule has 2 N–H and O–H groups in total. The summed E-state index contributed by atoms with van der Waals surface area (Å²) in [6.45, 7) is 0.660. The van der Waals surface area contributed by atoms with Gasteiger partial charge in [-0.15, -0.1) is 0 Å². The molecule has 2 aromatic rings. The van der Waals surface area contributed by atoms with Gasteiger partial charge in [-0.3, -0.25) is 9.59 Å². The van der Waals surface area contributed by atoms with Crippen LogP contribution in [-0.2, 0) is 14.3 Å². The van der Waals surface area contributed by atoms with Crippen LogP contribution in [0.2, 0.25) is 0 Å². The Kier molecular flexibility index (Phi) is 5.75. The summed E-state index contributed by atoms with van der Waals surface area (Å²) in [5.41, 5.74) is 0.734. The number of Topliss-reactive ketones (excluding diaryl/α,β-unsaturated/α-hetero) is 1. The van der Waals surface area contributed by atoms with Crippen LogP contribution >= 0.6 is 0 Å². The quantitative estimate of drug-likeness (QED) is 0.346. The molecule has 2 aromatic carbocycles. The van der Waals surface area contributed by atoms with Crippen LogP contribution in [0.4, 0.5) is 4.39 Å². The number of halogens is 1. The van der Waals surface area contributed by atoms with Crippen molar-refractivity contribution in [1.82, 2.24) is 4.90 Å². The number of hydrogen-bond acceptors (Lipinski definition) is 5. The van der Waals surface area contributed by atoms with E-state index < -0.39 is 23.5 Å². The summed E-state index contributed by atoms with van der Waals surface area (Å²) in [4.78, 5) is 26.7. The van der Waals surface area contributed by atoms with Crippen molar-refractivity contribution in [3.05, 3.63) is 71.0 Å². The monoisotopic (exact) mass is 385 g/mol. The molecule has 1 atom stereocenters. The van der Waals surface area contributed by atoms with Crippen molar-refractivity contribution in [3.63, 3.8) is 0 Å². The van der Waals surface area contributed by atoms with Crippen LogP contribution in [0.5, 0.6) is 5.75 Å². The van der Waals surface area contributed by atoms with Gasteiger partial charge in [0.15, 0.2) is 0 Å². The van der Waals surface area contributed by atoms with E-state index in [1.807, 2.05) is 0 Å². The fraction of sp³-hybridized carbons (Fsp3) is 0.238. The molecule has 28 heavy (non-hydrogen) atoms. The Morgan fingerprint density at radius 1 is 1.11 bits per heavy atom. The van der Waals surface area contributed by atoms with Gasteiger partial charge in [0.1, 0.15) is 17.3 Å². The van der Waals surface area contributed by atoms with Crippen molar-refractivity contribution >= 4 is 17.4 Å². The number of aliphatic hydroxyl groups is 1. The normalized spacial score (nSPS) is 18.6. The average Bonchev–Trinajstić information content (AvgIpc) is 2.94. The molecule has 1 aliphatic heterocycles. The lowest BCUT2D eigenvalue weighted by atomic mass is 9.95. The zero-order valence-electron chi connectivity index (χ0n) is 15.3. The summed E-state index contributed by atoms with van der Waals surface area (Å²) in [5.74, 6) is -2.34. The van der Waals surface area contributed by atoms with Gasteiger partial charge in [0.2, 0.25) is 0 Å². The van der Waals surface area contributed by atoms with Gasteiger partial charge in [0.25, 0.3) is 11.7 Å². The minimum absolute atomic E-state index is 0.0404. The topological polar surface area (TPSA) is 87.1 Å². The highest BCUT2D eigenvalue weighted by Gasteiger charge is 2.45. The number of benzene rings is 2. The standard InChI is InChI=1S/C21H20FNO5/c1-28-12-2-11-23-18(13-5-9-16(24)10-6-13)17(20(26)21(23)27)19(25)14-3-7-15(22)8-4-14/h3-10,18,24-25H,2,11-12H2,1H3/b19-17-. The van der Waals surface area contributed by atoms with E-state index in [0.717, 1.165) is 0 Å². The molecule has 7 heteroatoms. The molecule has 0 bridgehead atoms. The van der Waals surface area contributed by atoms with Crippen LogP contribution in [-0.4, -0.2) is 47.1 Å². The van der Waals surface area contributed by atoms with Gasteiger partial charge in [-0.05, 0) is 48.4 Å². The predicted octanol–water partition coefficient (Wildman–Crippen LogP) is 2.99. The third-order valence-electron chi connectivity index (χ3n) is 4.61. The minimum atomic E-state index is -0.817. The molecular weight excluding hydrogens is 365 g/mol. The summed E-state index contributed by atoms with van der Waals surface area (Å²) in [6.07, 6.45) is 0.509. The Bertz CT molecular complexity index is 905. The smallest absolute Gasteiger partial charge is 0.295 e. The molecule has 0 spiro atoms. The Hall–Kier alpha value is -3.19. The van der Waals surface area contributed by atoms with Crippen molar-refractivity contribution in [2.24, 2.45) is 0 Å². The van der Waals surface area contributed by atoms with Gasteiger partial charge in [-0.1, -0.05) is 12.1 Å². The van der Waals surface area contributed by atoms with Gasteiger partial charge < -0.3 is 19.8 Å². The molecule has 1 fully saturated rings. The number of amides is 1. The molecule has 3 rings (SSSR count). The molecule has 6 nitrogen and oxygen atoms in total. The molecule has 0 aromatic heterocycles. The maximum absolute atomic E-state index is 13.2. The van der Waals surface area contributed by atoms with Crippen LogP contribution in [0.3, 0.4) is 0 Å². The number of rotatable bonds is 6. The van der Waals surface area contributed by atoms with E-state index in [4.69, 9.17) is 4.74 Å². The van der Waals surface area contributed by atoms with Crippen LogP contribution in [0.15, 0.2) is 54.1 Å². The van der Waals surface area contributed by atoms with Crippen molar-refractivity contribution < 1.29 is 28.9 Å². The number of likely N-dealkylation sites (tertiary alicyclic amines) is 1.